The van der Waals surface area contributed by atoms with Gasteiger partial charge < -0.3 is 20.0 Å². The molecule has 0 radical (unpaired) electrons. The van der Waals surface area contributed by atoms with Gasteiger partial charge >= 0.3 is 29.6 Å². The molecule has 2 aromatic rings. The molecular formula is C11H10N3NaO4. The molecule has 1 amide bonds. The van der Waals surface area contributed by atoms with Gasteiger partial charge in [0.25, 0.3) is 5.97 Å². The van der Waals surface area contributed by atoms with Crippen LogP contribution in [-0.2, 0) is 16.1 Å². The summed E-state index contributed by atoms with van der Waals surface area (Å²) in [6.45, 7) is 1.15. The number of aromatic nitrogens is 2. The van der Waals surface area contributed by atoms with E-state index in [1.165, 1.54) is 4.57 Å². The molecule has 19 heavy (non-hydrogen) atoms. The smallest absolute Gasteiger partial charge is 0.481 e. The van der Waals surface area contributed by atoms with E-state index in [-0.39, 0.29) is 47.7 Å². The van der Waals surface area contributed by atoms with Crippen LogP contribution in [0.3, 0.4) is 0 Å². The first-order valence-corrected chi connectivity index (χ1v) is 5.14. The van der Waals surface area contributed by atoms with Crippen molar-refractivity contribution in [3.05, 3.63) is 28.7 Å². The van der Waals surface area contributed by atoms with Crippen LogP contribution < -0.4 is 45.5 Å². The molecule has 2 heterocycles. The predicted octanol–water partition coefficient (Wildman–Crippen LogP) is -2.99. The van der Waals surface area contributed by atoms with Crippen molar-refractivity contribution in [3.63, 3.8) is 0 Å². The van der Waals surface area contributed by atoms with E-state index in [9.17, 15) is 9.59 Å². The van der Waals surface area contributed by atoms with E-state index in [1.54, 1.807) is 18.2 Å². The number of hydrogen-bond donors (Lipinski definition) is 2. The zero-order valence-electron chi connectivity index (χ0n) is 10.5. The Morgan fingerprint density at radius 1 is 1.42 bits per heavy atom. The van der Waals surface area contributed by atoms with Crippen LogP contribution in [0, 0.1) is 0 Å². The largest absolute Gasteiger partial charge is 1.00 e. The normalized spacial score (nSPS) is 11.9. The fraction of sp³-hybridized carbons (Fsp3) is 0.182. The van der Waals surface area contributed by atoms with E-state index >= 15 is 0 Å². The third kappa shape index (κ3) is 3.25. The second-order valence-electron chi connectivity index (χ2n) is 3.72. The van der Waals surface area contributed by atoms with Crippen molar-refractivity contribution in [2.75, 3.05) is 5.32 Å². The number of carbonyl (C=O) groups excluding carboxylic acids is 1. The molecule has 0 spiro atoms. The maximum absolute atomic E-state index is 11.4. The number of nitrogens with one attached hydrogen (secondary N) is 1. The average Bonchev–Trinajstić information content (AvgIpc) is 2.56. The van der Waals surface area contributed by atoms with Crippen LogP contribution in [0.1, 0.15) is 6.92 Å². The molecule has 1 aliphatic rings. The minimum Gasteiger partial charge on any atom is -0.481 e. The number of carboxylic acid groups (broad SMARTS) is 1. The number of benzene rings is 1. The van der Waals surface area contributed by atoms with Gasteiger partial charge in [-0.1, -0.05) is 12.1 Å². The van der Waals surface area contributed by atoms with Crippen LogP contribution >= 0.6 is 0 Å². The predicted molar refractivity (Wildman–Crippen MR) is 63.5 cm³/mol. The maximum Gasteiger partial charge on any atom is 1.00 e. The van der Waals surface area contributed by atoms with Gasteiger partial charge in [-0.25, -0.2) is 0 Å². The first-order valence-electron chi connectivity index (χ1n) is 5.14. The van der Waals surface area contributed by atoms with Gasteiger partial charge in [0.15, 0.2) is 5.69 Å². The van der Waals surface area contributed by atoms with Crippen molar-refractivity contribution in [1.29, 1.82) is 0 Å². The van der Waals surface area contributed by atoms with Gasteiger partial charge in [-0.2, -0.15) is 0 Å². The van der Waals surface area contributed by atoms with E-state index in [4.69, 9.17) is 9.90 Å². The topological polar surface area (TPSA) is 102 Å². The van der Waals surface area contributed by atoms with Gasteiger partial charge in [-0.15, -0.1) is 0 Å². The molecule has 94 valence electrons. The number of nitrogens with zero attached hydrogens (tertiary/aromatic N) is 2. The Labute approximate surface area is 129 Å². The minimum atomic E-state index is -0.833. The number of para-hydroxylation sites is 1. The Bertz CT molecular complexity index is 685. The van der Waals surface area contributed by atoms with Crippen LogP contribution in [0.15, 0.2) is 23.0 Å². The van der Waals surface area contributed by atoms with Crippen LogP contribution in [-0.4, -0.2) is 21.6 Å². The summed E-state index contributed by atoms with van der Waals surface area (Å²) < 4.78 is 1.39. The molecule has 2 N–H and O–H groups in total. The minimum absolute atomic E-state index is 0. The fourth-order valence-electron chi connectivity index (χ4n) is 1.75. The summed E-state index contributed by atoms with van der Waals surface area (Å²) in [5, 5.41) is 10.1. The first-order chi connectivity index (χ1) is 8.49. The fourth-order valence-corrected chi connectivity index (χ4v) is 1.75. The van der Waals surface area contributed by atoms with Crippen LogP contribution in [0.4, 0.5) is 5.69 Å². The molecule has 0 saturated heterocycles. The summed E-state index contributed by atoms with van der Waals surface area (Å²) in [5.74, 6) is -1.01. The number of rotatable bonds is 0. The van der Waals surface area contributed by atoms with Gasteiger partial charge in [0, 0.05) is 19.2 Å². The SMILES string of the molecule is CC(=O)O.O=C1Cn2c(=O)[n-]c3cccc(c32)N1.[Na+]. The molecule has 7 nitrogen and oxygen atoms in total. The molecule has 8 heteroatoms. The maximum atomic E-state index is 11.4. The van der Waals surface area contributed by atoms with Crippen molar-refractivity contribution in [2.45, 2.75) is 13.5 Å². The Hall–Kier alpha value is -1.57. The first kappa shape index (κ1) is 15.5. The standard InChI is InChI=1S/C9H7N3O2.C2H4O2.Na/c13-7-4-12-8-5(10-7)2-1-3-6(8)11-9(12)14;1-2(3)4;/h1-3H,4H2,(H2,10,11,13,14);1H3,(H,3,4);/q;;+1/p-1. The van der Waals surface area contributed by atoms with Crippen LogP contribution in [0.5, 0.6) is 0 Å². The zero-order chi connectivity index (χ0) is 13.3. The quantitative estimate of drug-likeness (QED) is 0.497. The molecule has 0 fully saturated rings. The van der Waals surface area contributed by atoms with Gasteiger partial charge in [0.1, 0.15) is 0 Å². The van der Waals surface area contributed by atoms with Gasteiger partial charge in [0.2, 0.25) is 5.91 Å². The van der Waals surface area contributed by atoms with E-state index in [0.717, 1.165) is 12.4 Å². The van der Waals surface area contributed by atoms with Crippen LogP contribution in [0.25, 0.3) is 11.0 Å². The Morgan fingerprint density at radius 2 is 2.05 bits per heavy atom. The van der Waals surface area contributed by atoms with Gasteiger partial charge in [-0.3, -0.25) is 14.4 Å². The molecule has 1 aromatic carbocycles. The summed E-state index contributed by atoms with van der Waals surface area (Å²) in [4.78, 5) is 35.4. The summed E-state index contributed by atoms with van der Waals surface area (Å²) in [5.41, 5.74) is 1.65. The molecule has 0 saturated carbocycles. The monoisotopic (exact) mass is 271 g/mol. The summed E-state index contributed by atoms with van der Waals surface area (Å²) in [6.07, 6.45) is 0. The van der Waals surface area contributed by atoms with E-state index in [2.05, 4.69) is 10.3 Å². The summed E-state index contributed by atoms with van der Waals surface area (Å²) in [6, 6.07) is 5.28. The molecule has 3 rings (SSSR count). The van der Waals surface area contributed by atoms with E-state index in [0.29, 0.717) is 11.2 Å². The van der Waals surface area contributed by atoms with Crippen molar-refractivity contribution < 1.29 is 44.3 Å². The number of hydrogen-bond acceptors (Lipinski definition) is 3. The van der Waals surface area contributed by atoms with Crippen LogP contribution in [0.2, 0.25) is 0 Å². The number of anilines is 1. The van der Waals surface area contributed by atoms with Crippen molar-refractivity contribution >= 4 is 28.6 Å². The van der Waals surface area contributed by atoms with E-state index < -0.39 is 5.97 Å². The number of amides is 1. The number of aliphatic carboxylic acids is 1. The molecular weight excluding hydrogens is 261 g/mol. The molecule has 0 unspecified atom stereocenters. The van der Waals surface area contributed by atoms with Gasteiger partial charge in [-0.05, 0) is 17.1 Å². The van der Waals surface area contributed by atoms with E-state index in [1.807, 2.05) is 0 Å². The number of carboxylic acids is 1. The van der Waals surface area contributed by atoms with Crippen molar-refractivity contribution in [3.8, 4) is 0 Å². The summed E-state index contributed by atoms with van der Waals surface area (Å²) >= 11 is 0. The molecule has 1 aliphatic heterocycles. The van der Waals surface area contributed by atoms with Crippen molar-refractivity contribution in [2.24, 2.45) is 0 Å². The molecule has 0 aliphatic carbocycles. The number of carbonyl (C=O) groups is 2. The third-order valence-electron chi connectivity index (χ3n) is 2.31. The molecule has 0 atom stereocenters. The Morgan fingerprint density at radius 3 is 2.68 bits per heavy atom. The second-order valence-corrected chi connectivity index (χ2v) is 3.72. The van der Waals surface area contributed by atoms with Crippen molar-refractivity contribution in [1.82, 2.24) is 9.55 Å². The summed E-state index contributed by atoms with van der Waals surface area (Å²) in [7, 11) is 0. The number of imidazole rings is 1. The molecule has 0 bridgehead atoms. The molecule has 1 aromatic heterocycles. The zero-order valence-corrected chi connectivity index (χ0v) is 12.5. The Kier molecular flexibility index (Phi) is 4.93. The average molecular weight is 271 g/mol. The second kappa shape index (κ2) is 6.05. The Balaban J connectivity index is 0.000000323. The van der Waals surface area contributed by atoms with Gasteiger partial charge in [0.05, 0.1) is 0 Å². The third-order valence-corrected chi connectivity index (χ3v) is 2.31.